The van der Waals surface area contributed by atoms with Gasteiger partial charge in [0.25, 0.3) is 86.8 Å². The minimum absolute atomic E-state index is 0. The molecule has 0 aliphatic carbocycles. The molecule has 0 aromatic carbocycles. The molecule has 0 bridgehead atoms. The van der Waals surface area contributed by atoms with E-state index in [9.17, 15) is 183 Å². The number of carbonyl (C=O) groups excluding carboxylic acids is 3. The fraction of sp³-hybridized carbons (Fsp3) is 0.944. The van der Waals surface area contributed by atoms with Crippen molar-refractivity contribution in [1.29, 1.82) is 0 Å². The quantitative estimate of drug-likeness (QED) is 0.0153. The molecule has 0 fully saturated rings. The van der Waals surface area contributed by atoms with Gasteiger partial charge in [0, 0.05) is 19.3 Å². The maximum absolute atomic E-state index is 10.6. The fourth-order valence-electron chi connectivity index (χ4n) is 9.02. The summed E-state index contributed by atoms with van der Waals surface area (Å²) in [5, 5.41) is 379. The van der Waals surface area contributed by atoms with Crippen molar-refractivity contribution in [3.63, 3.8) is 0 Å². The van der Waals surface area contributed by atoms with Gasteiger partial charge >= 0.3 is 17.4 Å². The molecule has 97 heavy (non-hydrogen) atoms. The van der Waals surface area contributed by atoms with Crippen LogP contribution in [0.1, 0.15) is 213 Å². The second-order valence-corrected chi connectivity index (χ2v) is 24.1. The van der Waals surface area contributed by atoms with Crippen LogP contribution in [-0.4, -0.2) is 323 Å². The number of aliphatic hydroxyl groups is 36. The van der Waals surface area contributed by atoms with Crippen LogP contribution in [-0.2, 0) is 14.4 Å². The van der Waals surface area contributed by atoms with E-state index >= 15 is 0 Å². The molecule has 0 saturated heterocycles. The number of aliphatic carboxylic acids is 3. The smallest absolute Gasteiger partial charge is 0.544 e. The minimum atomic E-state index is -5.33. The molecule has 0 heterocycles. The van der Waals surface area contributed by atoms with Gasteiger partial charge in [0.05, 0.1) is 0 Å². The first-order valence-electron chi connectivity index (χ1n) is 30.5. The van der Waals surface area contributed by atoms with Crippen LogP contribution in [0.2, 0.25) is 0 Å². The van der Waals surface area contributed by atoms with Crippen molar-refractivity contribution in [2.75, 3.05) is 0 Å². The van der Waals surface area contributed by atoms with Crippen molar-refractivity contribution in [3.8, 4) is 0 Å². The third-order valence-electron chi connectivity index (χ3n) is 16.2. The van der Waals surface area contributed by atoms with Gasteiger partial charge in [-0.3, -0.25) is 0 Å². The normalized spacial score (nSPS) is 14.5. The van der Waals surface area contributed by atoms with E-state index < -0.39 is 141 Å². The fourth-order valence-corrected chi connectivity index (χ4v) is 9.02. The van der Waals surface area contributed by atoms with Crippen LogP contribution in [0.15, 0.2) is 0 Å². The molecule has 43 heteroatoms. The third kappa shape index (κ3) is 22.5. The Kier molecular flexibility index (Phi) is 39.8. The van der Waals surface area contributed by atoms with Gasteiger partial charge in [0.2, 0.25) is 17.4 Å². The second-order valence-electron chi connectivity index (χ2n) is 24.1. The molecule has 0 atom stereocenters. The van der Waals surface area contributed by atoms with Crippen molar-refractivity contribution >= 4 is 35.3 Å². The van der Waals surface area contributed by atoms with Gasteiger partial charge < -0.3 is 214 Å². The first kappa shape index (κ1) is 101. The van der Waals surface area contributed by atoms with Crippen molar-refractivity contribution < 1.29 is 214 Å². The van der Waals surface area contributed by atoms with Gasteiger partial charge in [0.1, 0.15) is 17.9 Å². The topological polar surface area (TPSA) is 849 Å². The number of carboxylic acid groups (broad SMARTS) is 3. The van der Waals surface area contributed by atoms with Crippen LogP contribution in [0.3, 0.4) is 0 Å². The predicted molar refractivity (Wildman–Crippen MR) is 305 cm³/mol. The summed E-state index contributed by atoms with van der Waals surface area (Å²) in [5.41, 5.74) is 0. The van der Waals surface area contributed by atoms with E-state index in [1.807, 2.05) is 0 Å². The molecule has 0 radical (unpaired) electrons. The summed E-state index contributed by atoms with van der Waals surface area (Å²) in [5.74, 6) is -98.2. The Morgan fingerprint density at radius 2 is 0.309 bits per heavy atom. The summed E-state index contributed by atoms with van der Waals surface area (Å²) >= 11 is 0. The molecule has 0 aliphatic heterocycles. The standard InChI is InChI=1S/3C18H36O14.Al/c3*1-2-3-4-5-6-7-8-9-10-11-13(21,22)15(25,26)17(29,30)18(31,32)16(27,28)14(23,24)12(19)20;/h3*21-32H,2-11H2,1H3,(H,19,20);/q;;;+3/p-3. The number of hydrogen-bond donors (Lipinski definition) is 36. The minimum Gasteiger partial charge on any atom is -0.544 e. The molecule has 0 aromatic heterocycles. The molecule has 0 unspecified atom stereocenters. The van der Waals surface area contributed by atoms with E-state index in [0.717, 1.165) is 116 Å². The Balaban J connectivity index is -0.000000665. The number of unbranched alkanes of at least 4 members (excludes halogenated alkanes) is 24. The summed E-state index contributed by atoms with van der Waals surface area (Å²) in [6.45, 7) is 6.20. The van der Waals surface area contributed by atoms with E-state index in [1.54, 1.807) is 0 Å². The molecule has 42 nitrogen and oxygen atoms in total. The van der Waals surface area contributed by atoms with Gasteiger partial charge in [0.15, 0.2) is 0 Å². The molecule has 576 valence electrons. The Morgan fingerprint density at radius 1 is 0.196 bits per heavy atom. The molecule has 36 N–H and O–H groups in total. The Morgan fingerprint density at radius 3 is 0.433 bits per heavy atom. The summed E-state index contributed by atoms with van der Waals surface area (Å²) < 4.78 is 0. The maximum Gasteiger partial charge on any atom is 3.00 e. The average molecular weight is 1450 g/mol. The first-order chi connectivity index (χ1) is 42.8. The van der Waals surface area contributed by atoms with Crippen molar-refractivity contribution in [2.24, 2.45) is 0 Å². The molecular weight excluding hydrogens is 1350 g/mol. The Hall–Kier alpha value is -2.50. The van der Waals surface area contributed by atoms with Crippen LogP contribution in [0.5, 0.6) is 0 Å². The van der Waals surface area contributed by atoms with Gasteiger partial charge in [-0.15, -0.1) is 0 Å². The van der Waals surface area contributed by atoms with Crippen molar-refractivity contribution in [2.45, 2.75) is 318 Å². The van der Waals surface area contributed by atoms with Gasteiger partial charge in [-0.05, 0) is 19.3 Å². The monoisotopic (exact) mass is 1450 g/mol. The summed E-state index contributed by atoms with van der Waals surface area (Å²) in [7, 11) is 0. The zero-order chi connectivity index (χ0) is 76.9. The van der Waals surface area contributed by atoms with E-state index in [0.29, 0.717) is 38.5 Å². The van der Waals surface area contributed by atoms with Crippen LogP contribution < -0.4 is 15.3 Å². The summed E-state index contributed by atoms with van der Waals surface area (Å²) in [6, 6.07) is 0. The van der Waals surface area contributed by atoms with Crippen LogP contribution in [0.25, 0.3) is 0 Å². The third-order valence-corrected chi connectivity index (χ3v) is 16.2. The molecule has 0 aromatic rings. The van der Waals surface area contributed by atoms with Gasteiger partial charge in [-0.25, -0.2) is 0 Å². The Bertz CT molecular complexity index is 2040. The molecular formula is C54H105AlO42. The summed E-state index contributed by atoms with van der Waals surface area (Å²) in [6.07, 6.45) is 17.1. The molecule has 0 saturated carbocycles. The zero-order valence-corrected chi connectivity index (χ0v) is 55.0. The molecule has 0 spiro atoms. The van der Waals surface area contributed by atoms with Crippen LogP contribution in [0.4, 0.5) is 0 Å². The largest absolute Gasteiger partial charge is 3.00 e. The maximum atomic E-state index is 10.6. The summed E-state index contributed by atoms with van der Waals surface area (Å²) in [4.78, 5) is 31.9. The van der Waals surface area contributed by atoms with E-state index in [-0.39, 0.29) is 36.6 Å². The van der Waals surface area contributed by atoms with Crippen LogP contribution in [0, 0.1) is 0 Å². The second kappa shape index (κ2) is 38.3. The number of rotatable bonds is 48. The van der Waals surface area contributed by atoms with Gasteiger partial charge in [-0.1, -0.05) is 175 Å². The van der Waals surface area contributed by atoms with Crippen molar-refractivity contribution in [1.82, 2.24) is 0 Å². The molecule has 0 rings (SSSR count). The van der Waals surface area contributed by atoms with Gasteiger partial charge in [-0.2, -0.15) is 0 Å². The average Bonchev–Trinajstić information content (AvgIpc) is 0.724. The van der Waals surface area contributed by atoms with Crippen molar-refractivity contribution in [3.05, 3.63) is 0 Å². The molecule has 0 amide bonds. The predicted octanol–water partition coefficient (Wildman–Crippen LogP) is -16.2. The van der Waals surface area contributed by atoms with E-state index in [4.69, 9.17) is 30.6 Å². The van der Waals surface area contributed by atoms with E-state index in [1.165, 1.54) is 0 Å². The van der Waals surface area contributed by atoms with Crippen LogP contribution >= 0.6 is 0 Å². The number of hydrogen-bond acceptors (Lipinski definition) is 42. The zero-order valence-electron chi connectivity index (χ0n) is 53.8. The van der Waals surface area contributed by atoms with E-state index in [2.05, 4.69) is 20.8 Å². The molecule has 0 aliphatic rings. The Labute approximate surface area is 564 Å². The first-order valence-corrected chi connectivity index (χ1v) is 30.5. The number of carboxylic acids is 3. The SMILES string of the molecule is CCCCCCCCCCCC(O)(O)C(O)(O)C(O)(O)C(O)(O)C(O)(O)C(O)(O)C(=O)[O-].CCCCCCCCCCCC(O)(O)C(O)(O)C(O)(O)C(O)(O)C(O)(O)C(O)(O)C(=O)[O-].CCCCCCCCCCCC(O)(O)C(O)(O)C(O)(O)C(O)(O)C(O)(O)C(O)(O)C(=O)[O-].[Al+3]. The number of carbonyl (C=O) groups is 3.